The predicted octanol–water partition coefficient (Wildman–Crippen LogP) is 7.39. The molecule has 0 spiro atoms. The summed E-state index contributed by atoms with van der Waals surface area (Å²) in [5.41, 5.74) is 5.21. The molecule has 0 radical (unpaired) electrons. The van der Waals surface area contributed by atoms with Gasteiger partial charge in [-0.2, -0.15) is 0 Å². The van der Waals surface area contributed by atoms with Gasteiger partial charge in [-0.3, -0.25) is 10.1 Å². The molecule has 1 unspecified atom stereocenters. The summed E-state index contributed by atoms with van der Waals surface area (Å²) in [5, 5.41) is 7.30. The third-order valence-corrected chi connectivity index (χ3v) is 6.12. The number of nitrogens with zero attached hydrogens (tertiary/aromatic N) is 1. The van der Waals surface area contributed by atoms with E-state index in [4.69, 9.17) is 25.6 Å². The number of esters is 1. The number of hydrogen-bond donors (Lipinski definition) is 1. The number of ether oxygens (including phenoxy) is 2. The third kappa shape index (κ3) is 6.37. The Morgan fingerprint density at radius 2 is 1.73 bits per heavy atom. The number of nitrogens with one attached hydrogen (secondary N) is 1. The van der Waals surface area contributed by atoms with Gasteiger partial charge in [-0.05, 0) is 43.5 Å². The van der Waals surface area contributed by atoms with Crippen LogP contribution < -0.4 is 5.32 Å². The third-order valence-electron chi connectivity index (χ3n) is 5.78. The predicted molar refractivity (Wildman–Crippen MR) is 142 cm³/mol. The van der Waals surface area contributed by atoms with E-state index in [1.165, 1.54) is 0 Å². The van der Waals surface area contributed by atoms with E-state index in [0.29, 0.717) is 34.3 Å². The average Bonchev–Trinajstić information content (AvgIpc) is 3.24. The van der Waals surface area contributed by atoms with Crippen molar-refractivity contribution in [1.82, 2.24) is 5.16 Å². The lowest BCUT2D eigenvalue weighted by Crippen LogP contribution is -2.17. The van der Waals surface area contributed by atoms with Crippen LogP contribution in [0.1, 0.15) is 36.8 Å². The normalized spacial score (nSPS) is 11.6. The van der Waals surface area contributed by atoms with Crippen molar-refractivity contribution in [3.8, 4) is 22.5 Å². The summed E-state index contributed by atoms with van der Waals surface area (Å²) < 4.78 is 16.1. The second-order valence-corrected chi connectivity index (χ2v) is 8.83. The number of aryl methyl sites for hydroxylation is 1. The maximum atomic E-state index is 12.7. The van der Waals surface area contributed by atoms with Gasteiger partial charge in [-0.15, -0.1) is 0 Å². The zero-order valence-corrected chi connectivity index (χ0v) is 21.5. The molecule has 1 aromatic heterocycles. The summed E-state index contributed by atoms with van der Waals surface area (Å²) in [7, 11) is 0. The van der Waals surface area contributed by atoms with Crippen LogP contribution >= 0.6 is 11.6 Å². The number of halogens is 1. The fourth-order valence-electron chi connectivity index (χ4n) is 3.93. The summed E-state index contributed by atoms with van der Waals surface area (Å²) in [6.07, 6.45) is -0.969. The van der Waals surface area contributed by atoms with Gasteiger partial charge in [-0.1, -0.05) is 83.5 Å². The van der Waals surface area contributed by atoms with E-state index in [9.17, 15) is 9.59 Å². The first-order chi connectivity index (χ1) is 17.9. The number of anilines is 1. The molecule has 0 saturated carbocycles. The van der Waals surface area contributed by atoms with Crippen molar-refractivity contribution in [1.29, 1.82) is 0 Å². The molecule has 0 bridgehead atoms. The largest absolute Gasteiger partial charge is 0.466 e. The molecule has 0 aliphatic heterocycles. The molecule has 8 heteroatoms. The molecule has 3 aromatic carbocycles. The van der Waals surface area contributed by atoms with E-state index in [-0.39, 0.29) is 12.4 Å². The van der Waals surface area contributed by atoms with Crippen molar-refractivity contribution in [2.45, 2.75) is 33.3 Å². The zero-order valence-electron chi connectivity index (χ0n) is 20.8. The van der Waals surface area contributed by atoms with E-state index < -0.39 is 12.2 Å². The van der Waals surface area contributed by atoms with Crippen molar-refractivity contribution in [3.63, 3.8) is 0 Å². The minimum Gasteiger partial charge on any atom is -0.466 e. The minimum absolute atomic E-state index is 0.220. The number of aromatic nitrogens is 1. The van der Waals surface area contributed by atoms with Gasteiger partial charge in [0.15, 0.2) is 5.76 Å². The van der Waals surface area contributed by atoms with Crippen LogP contribution in [0.25, 0.3) is 22.5 Å². The van der Waals surface area contributed by atoms with Crippen LogP contribution in [-0.4, -0.2) is 23.8 Å². The van der Waals surface area contributed by atoms with E-state index in [2.05, 4.69) is 10.5 Å². The van der Waals surface area contributed by atoms with Gasteiger partial charge in [-0.25, -0.2) is 4.79 Å². The van der Waals surface area contributed by atoms with Crippen molar-refractivity contribution in [2.24, 2.45) is 0 Å². The van der Waals surface area contributed by atoms with Crippen LogP contribution in [0.4, 0.5) is 10.5 Å². The molecule has 190 valence electrons. The van der Waals surface area contributed by atoms with Crippen LogP contribution in [0.3, 0.4) is 0 Å². The lowest BCUT2D eigenvalue weighted by atomic mass is 10.00. The SMILES string of the molecule is CCOC(=O)Cc1cccc(-c2ccc(-c3onc(C)c3NC(=O)OC(C)c3ccccc3Cl)cc2)c1. The summed E-state index contributed by atoms with van der Waals surface area (Å²) in [6.45, 7) is 5.64. The number of carbonyl (C=O) groups is 2. The maximum absolute atomic E-state index is 12.7. The smallest absolute Gasteiger partial charge is 0.412 e. The second-order valence-electron chi connectivity index (χ2n) is 8.43. The molecule has 0 saturated heterocycles. The van der Waals surface area contributed by atoms with Gasteiger partial charge < -0.3 is 14.0 Å². The Balaban J connectivity index is 1.48. The molecule has 4 aromatic rings. The molecule has 0 aliphatic rings. The first kappa shape index (κ1) is 26.0. The molecular weight excluding hydrogens is 492 g/mol. The molecule has 1 N–H and O–H groups in total. The van der Waals surface area contributed by atoms with Gasteiger partial charge in [0.1, 0.15) is 17.5 Å². The van der Waals surface area contributed by atoms with Gasteiger partial charge in [0.05, 0.1) is 13.0 Å². The molecular formula is C29H27ClN2O5. The van der Waals surface area contributed by atoms with Gasteiger partial charge in [0.25, 0.3) is 0 Å². The van der Waals surface area contributed by atoms with E-state index in [0.717, 1.165) is 22.3 Å². The second kappa shape index (κ2) is 11.8. The summed E-state index contributed by atoms with van der Waals surface area (Å²) in [5.74, 6) is 0.165. The van der Waals surface area contributed by atoms with Gasteiger partial charge in [0.2, 0.25) is 0 Å². The molecule has 1 atom stereocenters. The van der Waals surface area contributed by atoms with Crippen molar-refractivity contribution < 1.29 is 23.6 Å². The van der Waals surface area contributed by atoms with E-state index in [1.807, 2.05) is 66.7 Å². The maximum Gasteiger partial charge on any atom is 0.412 e. The average molecular weight is 519 g/mol. The Morgan fingerprint density at radius 3 is 2.46 bits per heavy atom. The van der Waals surface area contributed by atoms with Crippen LogP contribution in [0.5, 0.6) is 0 Å². The molecule has 0 fully saturated rings. The van der Waals surface area contributed by atoms with E-state index >= 15 is 0 Å². The van der Waals surface area contributed by atoms with E-state index in [1.54, 1.807) is 26.8 Å². The molecule has 1 amide bonds. The van der Waals surface area contributed by atoms with Crippen LogP contribution in [-0.2, 0) is 20.7 Å². The molecule has 1 heterocycles. The standard InChI is InChI=1S/C29H27ClN2O5/c1-4-35-26(33)17-20-8-7-9-23(16-20)21-12-14-22(15-13-21)28-27(18(2)32-37-28)31-29(34)36-19(3)24-10-5-6-11-25(24)30/h5-16,19H,4,17H2,1-3H3,(H,31,34). The highest BCUT2D eigenvalue weighted by molar-refractivity contribution is 6.31. The Labute approximate surface area is 220 Å². The number of carbonyl (C=O) groups excluding carboxylic acids is 2. The van der Waals surface area contributed by atoms with Crippen LogP contribution in [0, 0.1) is 6.92 Å². The summed E-state index contributed by atoms with van der Waals surface area (Å²) in [4.78, 5) is 24.5. The van der Waals surface area contributed by atoms with Crippen LogP contribution in [0.15, 0.2) is 77.3 Å². The Kier molecular flexibility index (Phi) is 8.25. The highest BCUT2D eigenvalue weighted by Crippen LogP contribution is 2.33. The fourth-order valence-corrected chi connectivity index (χ4v) is 4.22. The Morgan fingerprint density at radius 1 is 1.00 bits per heavy atom. The topological polar surface area (TPSA) is 90.7 Å². The highest BCUT2D eigenvalue weighted by atomic mass is 35.5. The first-order valence-corrected chi connectivity index (χ1v) is 12.3. The quantitative estimate of drug-likeness (QED) is 0.245. The summed E-state index contributed by atoms with van der Waals surface area (Å²) in [6, 6.07) is 22.6. The van der Waals surface area contributed by atoms with Crippen LogP contribution in [0.2, 0.25) is 5.02 Å². The fraction of sp³-hybridized carbons (Fsp3) is 0.207. The highest BCUT2D eigenvalue weighted by Gasteiger charge is 2.20. The number of rotatable bonds is 8. The van der Waals surface area contributed by atoms with Crippen molar-refractivity contribution in [2.75, 3.05) is 11.9 Å². The monoisotopic (exact) mass is 518 g/mol. The number of amides is 1. The first-order valence-electron chi connectivity index (χ1n) is 11.9. The van der Waals surface area contributed by atoms with Gasteiger partial charge >= 0.3 is 12.1 Å². The van der Waals surface area contributed by atoms with Crippen molar-refractivity contribution in [3.05, 3.63) is 94.6 Å². The number of benzene rings is 3. The van der Waals surface area contributed by atoms with Crippen molar-refractivity contribution >= 4 is 29.4 Å². The minimum atomic E-state index is -0.644. The molecule has 0 aliphatic carbocycles. The van der Waals surface area contributed by atoms with Gasteiger partial charge in [0, 0.05) is 16.1 Å². The zero-order chi connectivity index (χ0) is 26.4. The molecule has 7 nitrogen and oxygen atoms in total. The lowest BCUT2D eigenvalue weighted by Gasteiger charge is -2.15. The lowest BCUT2D eigenvalue weighted by molar-refractivity contribution is -0.142. The Bertz CT molecular complexity index is 1400. The summed E-state index contributed by atoms with van der Waals surface area (Å²) >= 11 is 6.22. The molecule has 4 rings (SSSR count). The Hall–Kier alpha value is -4.10. The number of hydrogen-bond acceptors (Lipinski definition) is 6. The molecule has 37 heavy (non-hydrogen) atoms.